The van der Waals surface area contributed by atoms with Crippen LogP contribution >= 0.6 is 11.3 Å². The Morgan fingerprint density at radius 2 is 1.97 bits per heavy atom. The summed E-state index contributed by atoms with van der Waals surface area (Å²) >= 11 is 1.59. The van der Waals surface area contributed by atoms with Crippen molar-refractivity contribution in [2.75, 3.05) is 45.1 Å². The van der Waals surface area contributed by atoms with Gasteiger partial charge in [0.1, 0.15) is 10.7 Å². The fraction of sp³-hybridized carbons (Fsp3) is 0.476. The number of anilines is 1. The predicted octanol–water partition coefficient (Wildman–Crippen LogP) is 2.95. The molecule has 1 aliphatic rings. The second-order valence-corrected chi connectivity index (χ2v) is 10.7. The minimum absolute atomic E-state index is 0.245. The van der Waals surface area contributed by atoms with Gasteiger partial charge < -0.3 is 14.7 Å². The third-order valence-corrected chi connectivity index (χ3v) is 8.17. The van der Waals surface area contributed by atoms with E-state index in [9.17, 15) is 8.42 Å². The molecule has 9 nitrogen and oxygen atoms in total. The summed E-state index contributed by atoms with van der Waals surface area (Å²) in [6, 6.07) is 7.31. The first kappa shape index (κ1) is 22.8. The third kappa shape index (κ3) is 5.71. The van der Waals surface area contributed by atoms with Crippen LogP contribution < -0.4 is 5.32 Å². The molecule has 3 aromatic rings. The Hall–Kier alpha value is -2.34. The molecule has 0 amide bonds. The highest BCUT2D eigenvalue weighted by Crippen LogP contribution is 2.22. The molecule has 1 fully saturated rings. The molecule has 0 radical (unpaired) electrons. The van der Waals surface area contributed by atoms with Gasteiger partial charge in [-0.25, -0.2) is 13.4 Å². The van der Waals surface area contributed by atoms with Gasteiger partial charge in [0.15, 0.2) is 0 Å². The van der Waals surface area contributed by atoms with E-state index in [2.05, 4.69) is 25.3 Å². The summed E-state index contributed by atoms with van der Waals surface area (Å²) in [6.45, 7) is 3.28. The Morgan fingerprint density at radius 3 is 2.69 bits per heavy atom. The van der Waals surface area contributed by atoms with Gasteiger partial charge in [0, 0.05) is 45.3 Å². The van der Waals surface area contributed by atoms with Crippen molar-refractivity contribution in [1.82, 2.24) is 24.3 Å². The lowest BCUT2D eigenvalue weighted by molar-refractivity contribution is 0.222. The van der Waals surface area contributed by atoms with Gasteiger partial charge in [0.05, 0.1) is 4.88 Å². The molecule has 3 aromatic heterocycles. The van der Waals surface area contributed by atoms with E-state index in [-0.39, 0.29) is 4.90 Å². The second-order valence-electron chi connectivity index (χ2n) is 7.81. The zero-order chi connectivity index (χ0) is 22.4. The van der Waals surface area contributed by atoms with Crippen molar-refractivity contribution in [2.45, 2.75) is 30.6 Å². The zero-order valence-corrected chi connectivity index (χ0v) is 19.7. The van der Waals surface area contributed by atoms with Gasteiger partial charge in [0.2, 0.25) is 21.7 Å². The highest BCUT2D eigenvalue weighted by molar-refractivity contribution is 7.89. The quantitative estimate of drug-likeness (QED) is 0.446. The topological polar surface area (TPSA) is 104 Å². The number of nitrogens with zero attached hydrogens (tertiary/aromatic N) is 5. The van der Waals surface area contributed by atoms with Crippen LogP contribution in [0.5, 0.6) is 0 Å². The molecule has 4 heterocycles. The number of aromatic nitrogens is 3. The Labute approximate surface area is 192 Å². The lowest BCUT2D eigenvalue weighted by atomic mass is 10.2. The number of hydrogen-bond donors (Lipinski definition) is 1. The molecule has 0 saturated carbocycles. The van der Waals surface area contributed by atoms with Crippen LogP contribution in [0.4, 0.5) is 5.82 Å². The van der Waals surface area contributed by atoms with Crippen LogP contribution in [0.2, 0.25) is 0 Å². The molecule has 0 aliphatic carbocycles. The summed E-state index contributed by atoms with van der Waals surface area (Å²) in [6.07, 6.45) is 5.14. The molecular formula is C21H28N6O3S2. The van der Waals surface area contributed by atoms with Crippen molar-refractivity contribution in [3.05, 3.63) is 41.7 Å². The maximum atomic E-state index is 12.8. The van der Waals surface area contributed by atoms with E-state index in [0.29, 0.717) is 30.6 Å². The molecule has 4 rings (SSSR count). The van der Waals surface area contributed by atoms with Crippen LogP contribution in [0.3, 0.4) is 0 Å². The summed E-state index contributed by atoms with van der Waals surface area (Å²) in [5.74, 6) is 2.00. The van der Waals surface area contributed by atoms with Crippen molar-refractivity contribution in [2.24, 2.45) is 0 Å². The number of unbranched alkanes of at least 4 members (excludes halogenated alkanes) is 2. The van der Waals surface area contributed by atoms with Crippen molar-refractivity contribution in [3.63, 3.8) is 0 Å². The smallest absolute Gasteiger partial charge is 0.244 e. The van der Waals surface area contributed by atoms with Gasteiger partial charge in [-0.1, -0.05) is 17.6 Å². The number of aryl methyl sites for hydroxylation is 1. The van der Waals surface area contributed by atoms with E-state index < -0.39 is 10.0 Å². The van der Waals surface area contributed by atoms with E-state index in [1.54, 1.807) is 23.5 Å². The first-order valence-electron chi connectivity index (χ1n) is 10.8. The van der Waals surface area contributed by atoms with Gasteiger partial charge in [-0.05, 0) is 43.5 Å². The van der Waals surface area contributed by atoms with E-state index in [1.807, 2.05) is 24.6 Å². The molecule has 1 N–H and O–H groups in total. The molecular weight excluding hydrogens is 448 g/mol. The Balaban J connectivity index is 1.17. The predicted molar refractivity (Wildman–Crippen MR) is 124 cm³/mol. The summed E-state index contributed by atoms with van der Waals surface area (Å²) in [5, 5.41) is 9.27. The minimum Gasteiger partial charge on any atom is -0.370 e. The zero-order valence-electron chi connectivity index (χ0n) is 18.1. The number of piperazine rings is 1. The van der Waals surface area contributed by atoms with Crippen LogP contribution in [0.1, 0.15) is 25.2 Å². The number of rotatable bonds is 10. The fourth-order valence-electron chi connectivity index (χ4n) is 3.47. The molecule has 32 heavy (non-hydrogen) atoms. The summed E-state index contributed by atoms with van der Waals surface area (Å²) < 4.78 is 32.4. The monoisotopic (exact) mass is 476 g/mol. The largest absolute Gasteiger partial charge is 0.370 e. The van der Waals surface area contributed by atoms with Crippen molar-refractivity contribution in [1.29, 1.82) is 0 Å². The molecule has 11 heteroatoms. The molecule has 1 aliphatic heterocycles. The van der Waals surface area contributed by atoms with E-state index in [0.717, 1.165) is 50.2 Å². The summed E-state index contributed by atoms with van der Waals surface area (Å²) in [5.41, 5.74) is 0. The maximum absolute atomic E-state index is 12.8. The number of likely N-dealkylation sites (N-methyl/N-ethyl adjacent to an activating group) is 1. The maximum Gasteiger partial charge on any atom is 0.244 e. The molecule has 0 atom stereocenters. The SMILES string of the molecule is CN1CCN(S(=O)(=O)c2ccc(NCCCCCc3nc(-c4cccs4)no3)nc2)CC1. The summed E-state index contributed by atoms with van der Waals surface area (Å²) in [4.78, 5) is 12.1. The van der Waals surface area contributed by atoms with Crippen molar-refractivity contribution < 1.29 is 12.9 Å². The lowest BCUT2D eigenvalue weighted by Gasteiger charge is -2.31. The molecule has 0 bridgehead atoms. The van der Waals surface area contributed by atoms with Crippen LogP contribution in [0.25, 0.3) is 10.7 Å². The number of nitrogens with one attached hydrogen (secondary N) is 1. The molecule has 172 valence electrons. The number of thiophene rings is 1. The first-order valence-corrected chi connectivity index (χ1v) is 13.1. The summed E-state index contributed by atoms with van der Waals surface area (Å²) in [7, 11) is -1.48. The Bertz CT molecular complexity index is 1080. The van der Waals surface area contributed by atoms with Gasteiger partial charge in [-0.3, -0.25) is 0 Å². The minimum atomic E-state index is -3.48. The molecule has 0 unspecified atom stereocenters. The molecule has 1 saturated heterocycles. The standard InChI is InChI=1S/C21H28N6O3S2/c1-26-11-13-27(14-12-26)32(28,29)17-8-9-19(23-16-17)22-10-4-2-3-7-20-24-21(25-30-20)18-6-5-15-31-18/h5-6,8-9,15-16H,2-4,7,10-14H2,1H3,(H,22,23). The van der Waals surface area contributed by atoms with Crippen LogP contribution in [-0.2, 0) is 16.4 Å². The van der Waals surface area contributed by atoms with Crippen LogP contribution in [0.15, 0.2) is 45.3 Å². The Kier molecular flexibility index (Phi) is 7.51. The van der Waals surface area contributed by atoms with E-state index in [4.69, 9.17) is 4.52 Å². The van der Waals surface area contributed by atoms with E-state index in [1.165, 1.54) is 10.5 Å². The Morgan fingerprint density at radius 1 is 1.12 bits per heavy atom. The third-order valence-electron chi connectivity index (χ3n) is 5.42. The van der Waals surface area contributed by atoms with E-state index >= 15 is 0 Å². The normalized spacial score (nSPS) is 15.8. The fourth-order valence-corrected chi connectivity index (χ4v) is 5.49. The average molecular weight is 477 g/mol. The van der Waals surface area contributed by atoms with Crippen LogP contribution in [-0.4, -0.2) is 72.5 Å². The molecule has 0 spiro atoms. The number of hydrogen-bond acceptors (Lipinski definition) is 9. The highest BCUT2D eigenvalue weighted by atomic mass is 32.2. The molecule has 0 aromatic carbocycles. The van der Waals surface area contributed by atoms with Gasteiger partial charge in [-0.15, -0.1) is 11.3 Å². The average Bonchev–Trinajstić information content (AvgIpc) is 3.49. The van der Waals surface area contributed by atoms with Gasteiger partial charge >= 0.3 is 0 Å². The number of sulfonamides is 1. The van der Waals surface area contributed by atoms with Crippen LogP contribution in [0, 0.1) is 0 Å². The van der Waals surface area contributed by atoms with Crippen molar-refractivity contribution >= 4 is 27.2 Å². The first-order chi connectivity index (χ1) is 15.5. The second kappa shape index (κ2) is 10.5. The highest BCUT2D eigenvalue weighted by Gasteiger charge is 2.27. The lowest BCUT2D eigenvalue weighted by Crippen LogP contribution is -2.47. The van der Waals surface area contributed by atoms with Gasteiger partial charge in [0.25, 0.3) is 0 Å². The number of pyridine rings is 1. The van der Waals surface area contributed by atoms with Crippen molar-refractivity contribution in [3.8, 4) is 10.7 Å². The van der Waals surface area contributed by atoms with Gasteiger partial charge in [-0.2, -0.15) is 9.29 Å².